The Kier molecular flexibility index (Phi) is 8.71. The minimum absolute atomic E-state index is 0. The van der Waals surface area contributed by atoms with Crippen molar-refractivity contribution in [1.82, 2.24) is 0 Å². The van der Waals surface area contributed by atoms with E-state index in [-0.39, 0.29) is 25.0 Å². The quantitative estimate of drug-likeness (QED) is 0.434. The number of rotatable bonds is 2. The van der Waals surface area contributed by atoms with E-state index in [0.29, 0.717) is 0 Å². The molecular formula is C13H17FeP-6. The van der Waals surface area contributed by atoms with E-state index in [2.05, 4.69) is 37.6 Å². The SMILES string of the molecule is CP(C)C[c-]1cccc1.[Fe].[cH-]1[cH-][cH-][cH-][cH-]1. The molecule has 0 unspecified atom stereocenters. The summed E-state index contributed by atoms with van der Waals surface area (Å²) in [6, 6.07) is 18.6. The summed E-state index contributed by atoms with van der Waals surface area (Å²) < 4.78 is 0. The monoisotopic (exact) mass is 260 g/mol. The van der Waals surface area contributed by atoms with Crippen LogP contribution < -0.4 is 0 Å². The Labute approximate surface area is 105 Å². The summed E-state index contributed by atoms with van der Waals surface area (Å²) in [7, 11) is 0.249. The average molecular weight is 260 g/mol. The molecule has 0 fully saturated rings. The number of hydrogen-bond donors (Lipinski definition) is 0. The van der Waals surface area contributed by atoms with Gasteiger partial charge in [-0.05, 0) is 13.3 Å². The van der Waals surface area contributed by atoms with Gasteiger partial charge in [-0.1, -0.05) is 6.16 Å². The molecule has 0 aliphatic heterocycles. The van der Waals surface area contributed by atoms with Gasteiger partial charge in [-0.3, -0.25) is 0 Å². The molecule has 15 heavy (non-hydrogen) atoms. The first-order valence-electron chi connectivity index (χ1n) is 4.81. The Morgan fingerprint density at radius 3 is 1.67 bits per heavy atom. The molecule has 0 atom stereocenters. The van der Waals surface area contributed by atoms with Crippen LogP contribution in [0.25, 0.3) is 0 Å². The van der Waals surface area contributed by atoms with Gasteiger partial charge >= 0.3 is 0 Å². The molecule has 0 aliphatic carbocycles. The predicted molar refractivity (Wildman–Crippen MR) is 66.5 cm³/mol. The fourth-order valence-corrected chi connectivity index (χ4v) is 2.15. The zero-order valence-electron chi connectivity index (χ0n) is 9.20. The van der Waals surface area contributed by atoms with E-state index in [9.17, 15) is 0 Å². The third-order valence-electron chi connectivity index (χ3n) is 1.79. The van der Waals surface area contributed by atoms with E-state index in [0.717, 1.165) is 0 Å². The molecule has 0 heterocycles. The molecular weight excluding hydrogens is 243 g/mol. The van der Waals surface area contributed by atoms with Crippen LogP contribution in [0, 0.1) is 0 Å². The Morgan fingerprint density at radius 2 is 1.33 bits per heavy atom. The molecule has 0 radical (unpaired) electrons. The van der Waals surface area contributed by atoms with Crippen molar-refractivity contribution in [3.05, 3.63) is 60.2 Å². The second-order valence-electron chi connectivity index (χ2n) is 3.49. The molecule has 0 amide bonds. The van der Waals surface area contributed by atoms with Crippen LogP contribution in [0.3, 0.4) is 0 Å². The van der Waals surface area contributed by atoms with Crippen molar-refractivity contribution in [2.45, 2.75) is 6.16 Å². The predicted octanol–water partition coefficient (Wildman–Crippen LogP) is 4.05. The molecule has 88 valence electrons. The summed E-state index contributed by atoms with van der Waals surface area (Å²) in [5.41, 5.74) is 1.49. The van der Waals surface area contributed by atoms with Crippen LogP contribution in [0.1, 0.15) is 5.56 Å². The van der Waals surface area contributed by atoms with Gasteiger partial charge in [0.1, 0.15) is 0 Å². The first-order chi connectivity index (χ1) is 6.79. The Morgan fingerprint density at radius 1 is 0.933 bits per heavy atom. The maximum absolute atomic E-state index is 2.31. The molecule has 0 saturated carbocycles. The smallest absolute Gasteiger partial charge is 0 e. The van der Waals surface area contributed by atoms with Gasteiger partial charge in [-0.15, -0.1) is 7.92 Å². The molecule has 0 bridgehead atoms. The minimum atomic E-state index is 0. The molecule has 2 aromatic carbocycles. The van der Waals surface area contributed by atoms with Gasteiger partial charge in [-0.25, -0.2) is 12.1 Å². The standard InChI is InChI=1S/C8H12P.C5H5.Fe/c1-9(2)7-8-5-3-4-6-8;1-2-4-5-3-1;/h3-6H,7H2,1-2H3;1-5H;/q-1;-5;. The topological polar surface area (TPSA) is 0 Å². The van der Waals surface area contributed by atoms with Gasteiger partial charge in [0.15, 0.2) is 0 Å². The van der Waals surface area contributed by atoms with E-state index >= 15 is 0 Å². The van der Waals surface area contributed by atoms with Crippen molar-refractivity contribution in [2.75, 3.05) is 13.3 Å². The first kappa shape index (κ1) is 14.6. The first-order valence-corrected chi connectivity index (χ1v) is 7.23. The normalized spacial score (nSPS) is 9.00. The number of hydrogen-bond acceptors (Lipinski definition) is 0. The zero-order valence-corrected chi connectivity index (χ0v) is 11.2. The van der Waals surface area contributed by atoms with Crippen LogP contribution >= 0.6 is 7.92 Å². The van der Waals surface area contributed by atoms with Crippen molar-refractivity contribution >= 4 is 7.92 Å². The van der Waals surface area contributed by atoms with E-state index in [4.69, 9.17) is 0 Å². The minimum Gasteiger partial charge on any atom is -0.748 e. The third-order valence-corrected chi connectivity index (χ3v) is 2.78. The van der Waals surface area contributed by atoms with Crippen LogP contribution in [0.4, 0.5) is 0 Å². The van der Waals surface area contributed by atoms with Gasteiger partial charge < -0.3 is 30.3 Å². The second-order valence-corrected chi connectivity index (χ2v) is 5.97. The van der Waals surface area contributed by atoms with Crippen LogP contribution in [0.5, 0.6) is 0 Å². The van der Waals surface area contributed by atoms with Crippen molar-refractivity contribution in [2.24, 2.45) is 0 Å². The Balaban J connectivity index is 0.000000280. The fraction of sp³-hybridized carbons (Fsp3) is 0.231. The van der Waals surface area contributed by atoms with Gasteiger partial charge in [0.25, 0.3) is 0 Å². The average Bonchev–Trinajstić information content (AvgIpc) is 2.75. The van der Waals surface area contributed by atoms with Crippen LogP contribution in [0.15, 0.2) is 54.6 Å². The Bertz CT molecular complexity index is 278. The maximum atomic E-state index is 2.31. The largest absolute Gasteiger partial charge is 0.748 e. The summed E-state index contributed by atoms with van der Waals surface area (Å²) in [6.45, 7) is 4.62. The van der Waals surface area contributed by atoms with Gasteiger partial charge in [0.05, 0.1) is 0 Å². The molecule has 0 saturated heterocycles. The molecule has 0 aromatic heterocycles. The fourth-order valence-electron chi connectivity index (χ4n) is 1.21. The van der Waals surface area contributed by atoms with E-state index in [1.54, 1.807) is 0 Å². The summed E-state index contributed by atoms with van der Waals surface area (Å²) in [4.78, 5) is 0. The molecule has 2 aromatic rings. The van der Waals surface area contributed by atoms with E-state index in [1.165, 1.54) is 11.7 Å². The van der Waals surface area contributed by atoms with E-state index in [1.807, 2.05) is 30.3 Å². The van der Waals surface area contributed by atoms with E-state index < -0.39 is 0 Å². The second kappa shape index (κ2) is 8.92. The molecule has 0 nitrogen and oxygen atoms in total. The molecule has 2 rings (SSSR count). The molecule has 0 N–H and O–H groups in total. The van der Waals surface area contributed by atoms with Crippen molar-refractivity contribution in [3.63, 3.8) is 0 Å². The molecule has 0 spiro atoms. The van der Waals surface area contributed by atoms with Crippen LogP contribution in [-0.2, 0) is 23.2 Å². The molecule has 0 aliphatic rings. The summed E-state index contributed by atoms with van der Waals surface area (Å²) in [6.07, 6.45) is 1.28. The van der Waals surface area contributed by atoms with Crippen molar-refractivity contribution < 1.29 is 17.1 Å². The Hall–Kier alpha value is -0.351. The van der Waals surface area contributed by atoms with Crippen molar-refractivity contribution in [1.29, 1.82) is 0 Å². The van der Waals surface area contributed by atoms with Gasteiger partial charge in [-0.2, -0.15) is 17.7 Å². The van der Waals surface area contributed by atoms with Crippen molar-refractivity contribution in [3.8, 4) is 0 Å². The maximum Gasteiger partial charge on any atom is 0 e. The summed E-state index contributed by atoms with van der Waals surface area (Å²) in [5.74, 6) is 0. The van der Waals surface area contributed by atoms with Gasteiger partial charge in [0.2, 0.25) is 0 Å². The summed E-state index contributed by atoms with van der Waals surface area (Å²) >= 11 is 0. The molecule has 2 heteroatoms. The summed E-state index contributed by atoms with van der Waals surface area (Å²) in [5, 5.41) is 0. The van der Waals surface area contributed by atoms with Gasteiger partial charge in [0, 0.05) is 17.1 Å². The third kappa shape index (κ3) is 7.56. The van der Waals surface area contributed by atoms with Crippen LogP contribution in [-0.4, -0.2) is 13.3 Å². The van der Waals surface area contributed by atoms with Crippen LogP contribution in [0.2, 0.25) is 0 Å². The zero-order chi connectivity index (χ0) is 10.2.